The molecule has 33 heavy (non-hydrogen) atoms. The average molecular weight is 450 g/mol. The summed E-state index contributed by atoms with van der Waals surface area (Å²) in [5, 5.41) is 28.4. The number of aromatic nitrogens is 5. The van der Waals surface area contributed by atoms with Gasteiger partial charge in [0.25, 0.3) is 5.91 Å². The molecule has 3 N–H and O–H groups in total. The summed E-state index contributed by atoms with van der Waals surface area (Å²) >= 11 is 0. The summed E-state index contributed by atoms with van der Waals surface area (Å²) in [5.41, 5.74) is 0.648. The molecule has 3 aromatic rings. The third kappa shape index (κ3) is 4.72. The molecule has 0 radical (unpaired) electrons. The van der Waals surface area contributed by atoms with E-state index < -0.39 is 12.9 Å². The van der Waals surface area contributed by atoms with Gasteiger partial charge in [-0.2, -0.15) is 5.26 Å². The molecule has 0 aliphatic heterocycles. The number of para-hydroxylation sites is 1. The number of rotatable bonds is 8. The molecule has 2 amide bonds. The Balaban J connectivity index is 1.71. The first-order chi connectivity index (χ1) is 17.2. The topological polar surface area (TPSA) is 160 Å². The number of ether oxygens (including phenoxy) is 1. The van der Waals surface area contributed by atoms with Gasteiger partial charge in [-0.05, 0) is 25.0 Å². The molecule has 2 heterocycles. The second-order valence-corrected chi connectivity index (χ2v) is 7.14. The molecular formula is C21H21N9O3. The van der Waals surface area contributed by atoms with Crippen LogP contribution in [0, 0.1) is 17.2 Å². The number of carbonyl (C=O) groups is 2. The van der Waals surface area contributed by atoms with Crippen molar-refractivity contribution >= 4 is 29.0 Å². The highest BCUT2D eigenvalue weighted by Crippen LogP contribution is 2.37. The number of hydrogen-bond acceptors (Lipinski definition) is 9. The zero-order valence-corrected chi connectivity index (χ0v) is 17.5. The average Bonchev–Trinajstić information content (AvgIpc) is 3.57. The summed E-state index contributed by atoms with van der Waals surface area (Å²) < 4.78 is 28.9. The van der Waals surface area contributed by atoms with Crippen molar-refractivity contribution in [1.82, 2.24) is 30.3 Å². The second-order valence-electron chi connectivity index (χ2n) is 7.14. The van der Waals surface area contributed by atoms with Crippen LogP contribution < -0.4 is 20.7 Å². The highest BCUT2D eigenvalue weighted by molar-refractivity contribution is 6.00. The van der Waals surface area contributed by atoms with E-state index in [4.69, 9.17) is 14.1 Å². The monoisotopic (exact) mass is 450 g/mol. The van der Waals surface area contributed by atoms with Gasteiger partial charge in [0, 0.05) is 23.1 Å². The van der Waals surface area contributed by atoms with E-state index in [1.54, 1.807) is 18.2 Å². The normalized spacial score (nSPS) is 14.2. The maximum atomic E-state index is 12.6. The van der Waals surface area contributed by atoms with E-state index >= 15 is 0 Å². The third-order valence-corrected chi connectivity index (χ3v) is 4.82. The van der Waals surface area contributed by atoms with Crippen LogP contribution in [0.3, 0.4) is 0 Å². The fourth-order valence-electron chi connectivity index (χ4n) is 3.09. The van der Waals surface area contributed by atoms with Gasteiger partial charge in [0.15, 0.2) is 23.1 Å². The van der Waals surface area contributed by atoms with Crippen molar-refractivity contribution in [3.63, 3.8) is 0 Å². The first-order valence-electron chi connectivity index (χ1n) is 11.4. The Bertz CT molecular complexity index is 1350. The van der Waals surface area contributed by atoms with Crippen LogP contribution in [0.2, 0.25) is 0 Å². The van der Waals surface area contributed by atoms with E-state index in [0.29, 0.717) is 22.8 Å². The van der Waals surface area contributed by atoms with Crippen LogP contribution in [-0.2, 0) is 11.3 Å². The van der Waals surface area contributed by atoms with E-state index in [0.717, 1.165) is 12.8 Å². The van der Waals surface area contributed by atoms with E-state index in [1.165, 1.54) is 24.2 Å². The number of benzene rings is 1. The van der Waals surface area contributed by atoms with E-state index in [-0.39, 0.29) is 35.6 Å². The van der Waals surface area contributed by atoms with Gasteiger partial charge in [-0.25, -0.2) is 9.67 Å². The summed E-state index contributed by atoms with van der Waals surface area (Å²) in [5.74, 6) is -0.587. The summed E-state index contributed by atoms with van der Waals surface area (Å²) in [6.07, 6.45) is 2.98. The van der Waals surface area contributed by atoms with Crippen molar-refractivity contribution in [2.75, 3.05) is 24.7 Å². The Labute approximate surface area is 193 Å². The van der Waals surface area contributed by atoms with Gasteiger partial charge in [-0.3, -0.25) is 9.59 Å². The Hall–Kier alpha value is -4.53. The zero-order valence-electron chi connectivity index (χ0n) is 20.5. The quantitative estimate of drug-likeness (QED) is 0.464. The van der Waals surface area contributed by atoms with Crippen molar-refractivity contribution in [2.45, 2.75) is 19.4 Å². The van der Waals surface area contributed by atoms with Crippen LogP contribution in [0.15, 0.2) is 30.6 Å². The van der Waals surface area contributed by atoms with Crippen molar-refractivity contribution in [3.8, 4) is 23.2 Å². The fourth-order valence-corrected chi connectivity index (χ4v) is 3.09. The SMILES string of the molecule is [2H]C([2H])([2H])NC(=O)c1nnc(NC(=O)C2CC2)cc1Nc1cccc(-c2ncn(CC#N)n2)c1OC. The second kappa shape index (κ2) is 9.31. The van der Waals surface area contributed by atoms with Crippen LogP contribution in [-0.4, -0.2) is 50.9 Å². The number of amides is 2. The molecule has 1 aliphatic rings. The van der Waals surface area contributed by atoms with E-state index in [2.05, 4.69) is 30.9 Å². The van der Waals surface area contributed by atoms with Crippen LogP contribution in [0.1, 0.15) is 27.4 Å². The van der Waals surface area contributed by atoms with Crippen molar-refractivity contribution in [2.24, 2.45) is 5.92 Å². The number of carbonyl (C=O) groups excluding carboxylic acids is 2. The minimum atomic E-state index is -2.75. The molecule has 1 fully saturated rings. The Morgan fingerprint density at radius 1 is 1.33 bits per heavy atom. The summed E-state index contributed by atoms with van der Waals surface area (Å²) in [7, 11) is 1.44. The Morgan fingerprint density at radius 2 is 2.18 bits per heavy atom. The number of hydrogen-bond donors (Lipinski definition) is 3. The molecule has 0 spiro atoms. The molecule has 168 valence electrons. The van der Waals surface area contributed by atoms with Crippen LogP contribution in [0.5, 0.6) is 5.75 Å². The maximum Gasteiger partial charge on any atom is 0.273 e. The molecule has 1 aliphatic carbocycles. The smallest absolute Gasteiger partial charge is 0.273 e. The van der Waals surface area contributed by atoms with Gasteiger partial charge >= 0.3 is 0 Å². The molecule has 12 heteroatoms. The van der Waals surface area contributed by atoms with E-state index in [1.807, 2.05) is 11.4 Å². The number of nitrogens with one attached hydrogen (secondary N) is 3. The molecule has 0 saturated heterocycles. The lowest BCUT2D eigenvalue weighted by Crippen LogP contribution is -2.22. The lowest BCUT2D eigenvalue weighted by atomic mass is 10.1. The number of nitrogens with zero attached hydrogens (tertiary/aromatic N) is 6. The molecule has 12 nitrogen and oxygen atoms in total. The lowest BCUT2D eigenvalue weighted by Gasteiger charge is -2.16. The van der Waals surface area contributed by atoms with Crippen LogP contribution in [0.25, 0.3) is 11.4 Å². The lowest BCUT2D eigenvalue weighted by molar-refractivity contribution is -0.117. The van der Waals surface area contributed by atoms with Crippen molar-refractivity contribution < 1.29 is 18.4 Å². The number of nitriles is 1. The number of methoxy groups -OCH3 is 1. The zero-order chi connectivity index (χ0) is 25.9. The van der Waals surface area contributed by atoms with Gasteiger partial charge in [-0.1, -0.05) is 6.07 Å². The maximum absolute atomic E-state index is 12.6. The standard InChI is InChI=1S/C21H21N9O3/c1-23-21(32)17-15(10-16(27-28-17)26-20(31)12-6-7-12)25-14-5-3-4-13(18(14)33-2)19-24-11-30(29-19)9-8-22/h3-5,10-12H,6-7,9H2,1-2H3,(H,23,32)(H2,25,26,27,31)/i1D3. The third-order valence-electron chi connectivity index (χ3n) is 4.82. The molecule has 0 atom stereocenters. The van der Waals surface area contributed by atoms with Gasteiger partial charge in [0.05, 0.1) is 30.1 Å². The molecule has 0 bridgehead atoms. The molecule has 4 rings (SSSR count). The van der Waals surface area contributed by atoms with Gasteiger partial charge in [-0.15, -0.1) is 15.3 Å². The van der Waals surface area contributed by atoms with Gasteiger partial charge in [0.2, 0.25) is 5.91 Å². The summed E-state index contributed by atoms with van der Waals surface area (Å²) in [6.45, 7) is -2.73. The Kier molecular flexibility index (Phi) is 5.10. The number of anilines is 3. The fraction of sp³-hybridized carbons (Fsp3) is 0.286. The van der Waals surface area contributed by atoms with E-state index in [9.17, 15) is 9.59 Å². The van der Waals surface area contributed by atoms with Gasteiger partial charge < -0.3 is 20.7 Å². The Morgan fingerprint density at radius 3 is 2.91 bits per heavy atom. The van der Waals surface area contributed by atoms with Crippen LogP contribution >= 0.6 is 0 Å². The van der Waals surface area contributed by atoms with Crippen molar-refractivity contribution in [3.05, 3.63) is 36.3 Å². The van der Waals surface area contributed by atoms with Gasteiger partial charge in [0.1, 0.15) is 12.9 Å². The molecule has 2 aromatic heterocycles. The molecular weight excluding hydrogens is 426 g/mol. The highest BCUT2D eigenvalue weighted by Gasteiger charge is 2.30. The summed E-state index contributed by atoms with van der Waals surface area (Å²) in [4.78, 5) is 29.1. The first kappa shape index (κ1) is 18.1. The predicted octanol–water partition coefficient (Wildman–Crippen LogP) is 1.72. The van der Waals surface area contributed by atoms with Crippen LogP contribution in [0.4, 0.5) is 17.2 Å². The molecule has 1 saturated carbocycles. The molecule has 1 aromatic carbocycles. The minimum Gasteiger partial charge on any atom is -0.494 e. The predicted molar refractivity (Wildman–Crippen MR) is 118 cm³/mol. The highest BCUT2D eigenvalue weighted by atomic mass is 16.5. The summed E-state index contributed by atoms with van der Waals surface area (Å²) in [6, 6.07) is 8.42. The van der Waals surface area contributed by atoms with Crippen molar-refractivity contribution in [1.29, 1.82) is 5.26 Å². The largest absolute Gasteiger partial charge is 0.494 e. The minimum absolute atomic E-state index is 0.0211. The molecule has 0 unspecified atom stereocenters. The first-order valence-corrected chi connectivity index (χ1v) is 9.90.